The lowest BCUT2D eigenvalue weighted by atomic mass is 9.93. The van der Waals surface area contributed by atoms with Gasteiger partial charge in [-0.2, -0.15) is 13.2 Å². The molecule has 2 aliphatic heterocycles. The van der Waals surface area contributed by atoms with Crippen molar-refractivity contribution in [3.05, 3.63) is 90.3 Å². The second-order valence-electron chi connectivity index (χ2n) is 7.47. The smallest absolute Gasteiger partial charge is 0.273 e. The van der Waals surface area contributed by atoms with Crippen LogP contribution >= 0.6 is 0 Å². The van der Waals surface area contributed by atoms with Crippen LogP contribution in [0.4, 0.5) is 24.5 Å². The van der Waals surface area contributed by atoms with E-state index in [9.17, 15) is 22.8 Å². The maximum Gasteiger partial charge on any atom is 0.416 e. The van der Waals surface area contributed by atoms with Crippen LogP contribution < -0.4 is 9.96 Å². The number of imide groups is 1. The number of hydrogen-bond acceptors (Lipinski definition) is 5. The summed E-state index contributed by atoms with van der Waals surface area (Å²) in [6.07, 6.45) is -4.21. The predicted octanol–water partition coefficient (Wildman–Crippen LogP) is 4.15. The number of fused-ring (bicyclic) bond motifs is 1. The minimum absolute atomic E-state index is 0.140. The van der Waals surface area contributed by atoms with Crippen molar-refractivity contribution in [3.63, 3.8) is 0 Å². The van der Waals surface area contributed by atoms with Crippen molar-refractivity contribution in [2.24, 2.45) is 5.92 Å². The Hall–Kier alpha value is -3.72. The second kappa shape index (κ2) is 7.45. The molecule has 0 aliphatic carbocycles. The van der Waals surface area contributed by atoms with Crippen molar-refractivity contribution >= 4 is 23.2 Å². The topological polar surface area (TPSA) is 62.7 Å². The minimum atomic E-state index is -4.60. The average Bonchev–Trinajstić information content (AvgIpc) is 3.30. The third kappa shape index (κ3) is 3.21. The number of nitrogens with zero attached hydrogens (tertiary/aromatic N) is 3. The van der Waals surface area contributed by atoms with E-state index < -0.39 is 41.6 Å². The van der Waals surface area contributed by atoms with Crippen LogP contribution in [0.15, 0.2) is 79.0 Å². The van der Waals surface area contributed by atoms with Gasteiger partial charge in [-0.25, -0.2) is 9.96 Å². The molecule has 3 atom stereocenters. The van der Waals surface area contributed by atoms with Gasteiger partial charge in [-0.15, -0.1) is 0 Å². The molecule has 2 saturated heterocycles. The summed E-state index contributed by atoms with van der Waals surface area (Å²) in [7, 11) is 0. The molecule has 2 fully saturated rings. The molecule has 0 unspecified atom stereocenters. The van der Waals surface area contributed by atoms with Gasteiger partial charge in [0.25, 0.3) is 5.91 Å². The Morgan fingerprint density at radius 3 is 2.25 bits per heavy atom. The molecule has 0 radical (unpaired) electrons. The fourth-order valence-electron chi connectivity index (χ4n) is 4.14. The van der Waals surface area contributed by atoms with Crippen LogP contribution in [0, 0.1) is 5.92 Å². The molecule has 6 nitrogen and oxygen atoms in total. The van der Waals surface area contributed by atoms with Gasteiger partial charge in [0.05, 0.1) is 22.6 Å². The zero-order valence-electron chi connectivity index (χ0n) is 16.4. The number of alkyl halides is 3. The van der Waals surface area contributed by atoms with E-state index in [2.05, 4.69) is 4.98 Å². The SMILES string of the molecule is O=C1[C@H]2[C@@H](ON(c3ccccc3)[C@H]2c2ccccn2)C(=O)N1c1cccc(C(F)(F)F)c1. The van der Waals surface area contributed by atoms with Crippen LogP contribution in [-0.4, -0.2) is 22.9 Å². The molecule has 0 saturated carbocycles. The van der Waals surface area contributed by atoms with Gasteiger partial charge < -0.3 is 0 Å². The summed E-state index contributed by atoms with van der Waals surface area (Å²) in [5, 5.41) is 1.48. The quantitative estimate of drug-likeness (QED) is 0.574. The van der Waals surface area contributed by atoms with Crippen LogP contribution in [0.2, 0.25) is 0 Å². The van der Waals surface area contributed by atoms with Crippen molar-refractivity contribution in [3.8, 4) is 0 Å². The summed E-state index contributed by atoms with van der Waals surface area (Å²) in [5.74, 6) is -2.31. The van der Waals surface area contributed by atoms with Crippen LogP contribution in [0.1, 0.15) is 17.3 Å². The third-order valence-corrected chi connectivity index (χ3v) is 5.55. The maximum atomic E-state index is 13.4. The first-order valence-electron chi connectivity index (χ1n) is 9.83. The van der Waals surface area contributed by atoms with Crippen molar-refractivity contribution in [1.82, 2.24) is 4.98 Å². The normalized spacial score (nSPS) is 23.0. The van der Waals surface area contributed by atoms with E-state index in [0.29, 0.717) is 11.4 Å². The highest BCUT2D eigenvalue weighted by Gasteiger charge is 2.60. The van der Waals surface area contributed by atoms with Gasteiger partial charge in [0.15, 0.2) is 6.10 Å². The summed E-state index contributed by atoms with van der Waals surface area (Å²) in [5.41, 5.74) is 0.0549. The fraction of sp³-hybridized carbons (Fsp3) is 0.174. The molecule has 1 aromatic heterocycles. The first kappa shape index (κ1) is 20.2. The number of hydrogen-bond donors (Lipinski definition) is 0. The zero-order valence-corrected chi connectivity index (χ0v) is 16.4. The lowest BCUT2D eigenvalue weighted by molar-refractivity contribution is -0.137. The maximum absolute atomic E-state index is 13.4. The van der Waals surface area contributed by atoms with Gasteiger partial charge >= 0.3 is 6.18 Å². The number of pyridine rings is 1. The monoisotopic (exact) mass is 439 g/mol. The van der Waals surface area contributed by atoms with E-state index in [1.165, 1.54) is 17.2 Å². The van der Waals surface area contributed by atoms with E-state index in [0.717, 1.165) is 17.0 Å². The number of halogens is 3. The molecule has 0 N–H and O–H groups in total. The Bertz CT molecular complexity index is 1170. The van der Waals surface area contributed by atoms with Gasteiger partial charge in [-0.05, 0) is 42.5 Å². The Morgan fingerprint density at radius 1 is 0.844 bits per heavy atom. The highest BCUT2D eigenvalue weighted by Crippen LogP contribution is 2.47. The number of anilines is 2. The Labute approximate surface area is 180 Å². The van der Waals surface area contributed by atoms with Crippen LogP contribution in [0.5, 0.6) is 0 Å². The zero-order chi connectivity index (χ0) is 22.5. The van der Waals surface area contributed by atoms with Gasteiger partial charge in [0, 0.05) is 6.20 Å². The first-order chi connectivity index (χ1) is 15.4. The van der Waals surface area contributed by atoms with Crippen molar-refractivity contribution in [1.29, 1.82) is 0 Å². The summed E-state index contributed by atoms with van der Waals surface area (Å²) in [6.45, 7) is 0. The molecule has 162 valence electrons. The first-order valence-corrected chi connectivity index (χ1v) is 9.83. The third-order valence-electron chi connectivity index (χ3n) is 5.55. The highest BCUT2D eigenvalue weighted by molar-refractivity contribution is 6.23. The van der Waals surface area contributed by atoms with E-state index in [-0.39, 0.29) is 5.69 Å². The van der Waals surface area contributed by atoms with Crippen LogP contribution in [0.25, 0.3) is 0 Å². The van der Waals surface area contributed by atoms with Crippen molar-refractivity contribution in [2.75, 3.05) is 9.96 Å². The van der Waals surface area contributed by atoms with E-state index in [4.69, 9.17) is 4.84 Å². The number of rotatable bonds is 3. The Kier molecular flexibility index (Phi) is 4.70. The molecule has 2 amide bonds. The molecular weight excluding hydrogens is 423 g/mol. The molecule has 5 rings (SSSR count). The summed E-state index contributed by atoms with van der Waals surface area (Å²) in [4.78, 5) is 37.6. The summed E-state index contributed by atoms with van der Waals surface area (Å²) in [6, 6.07) is 17.6. The molecular formula is C23H16F3N3O3. The second-order valence-corrected chi connectivity index (χ2v) is 7.47. The summed E-state index contributed by atoms with van der Waals surface area (Å²) < 4.78 is 39.5. The van der Waals surface area contributed by atoms with Gasteiger partial charge in [-0.3, -0.25) is 19.4 Å². The molecule has 3 heterocycles. The number of carbonyl (C=O) groups is 2. The fourth-order valence-corrected chi connectivity index (χ4v) is 4.14. The number of benzene rings is 2. The van der Waals surface area contributed by atoms with E-state index in [1.54, 1.807) is 48.7 Å². The van der Waals surface area contributed by atoms with Crippen LogP contribution in [-0.2, 0) is 20.6 Å². The molecule has 0 bridgehead atoms. The van der Waals surface area contributed by atoms with Gasteiger partial charge in [0.2, 0.25) is 5.91 Å². The Morgan fingerprint density at radius 2 is 1.56 bits per heavy atom. The lowest BCUT2D eigenvalue weighted by Crippen LogP contribution is -2.37. The number of aromatic nitrogens is 1. The molecule has 2 aromatic carbocycles. The van der Waals surface area contributed by atoms with Crippen molar-refractivity contribution in [2.45, 2.75) is 18.3 Å². The molecule has 32 heavy (non-hydrogen) atoms. The molecule has 3 aromatic rings. The van der Waals surface area contributed by atoms with E-state index >= 15 is 0 Å². The van der Waals surface area contributed by atoms with E-state index in [1.807, 2.05) is 6.07 Å². The van der Waals surface area contributed by atoms with Gasteiger partial charge in [-0.1, -0.05) is 30.3 Å². The molecule has 9 heteroatoms. The predicted molar refractivity (Wildman–Crippen MR) is 108 cm³/mol. The van der Waals surface area contributed by atoms with Crippen LogP contribution in [0.3, 0.4) is 0 Å². The number of hydroxylamine groups is 1. The minimum Gasteiger partial charge on any atom is -0.273 e. The Balaban J connectivity index is 1.56. The molecule has 0 spiro atoms. The summed E-state index contributed by atoms with van der Waals surface area (Å²) >= 11 is 0. The number of para-hydroxylation sites is 1. The van der Waals surface area contributed by atoms with Crippen molar-refractivity contribution < 1.29 is 27.6 Å². The average molecular weight is 439 g/mol. The standard InChI is InChI=1S/C23H16F3N3O3/c24-23(25,26)14-7-6-10-16(13-14)28-21(30)18-19(17-11-4-5-12-27-17)29(32-20(18)22(28)31)15-8-2-1-3-9-15/h1-13,18-20H/t18-,19+,20-/m1/s1. The largest absolute Gasteiger partial charge is 0.416 e. The number of amides is 2. The highest BCUT2D eigenvalue weighted by atomic mass is 19.4. The lowest BCUT2D eigenvalue weighted by Gasteiger charge is -2.28. The number of carbonyl (C=O) groups excluding carboxylic acids is 2. The van der Waals surface area contributed by atoms with Gasteiger partial charge in [0.1, 0.15) is 12.0 Å². The molecule has 2 aliphatic rings.